The molecule has 0 aromatic heterocycles. The van der Waals surface area contributed by atoms with Crippen molar-refractivity contribution in [2.45, 2.75) is 315 Å². The van der Waals surface area contributed by atoms with E-state index in [2.05, 4.69) is 31.3 Å². The van der Waals surface area contributed by atoms with Gasteiger partial charge in [0.25, 0.3) is 0 Å². The average Bonchev–Trinajstić information content (AvgIpc) is 3.24. The van der Waals surface area contributed by atoms with E-state index in [4.69, 9.17) is 0 Å². The summed E-state index contributed by atoms with van der Waals surface area (Å²) in [7, 11) is 0. The molecule has 59 heavy (non-hydrogen) atoms. The first-order valence-corrected chi connectivity index (χ1v) is 27.1. The Kier molecular flexibility index (Phi) is 50.2. The van der Waals surface area contributed by atoms with Crippen LogP contribution in [0.1, 0.15) is 303 Å². The number of nitrogens with one attached hydrogen (secondary N) is 1. The highest BCUT2D eigenvalue weighted by atomic mass is 16.3. The van der Waals surface area contributed by atoms with Gasteiger partial charge in [-0.15, -0.1) is 0 Å². The highest BCUT2D eigenvalue weighted by Gasteiger charge is 2.18. The van der Waals surface area contributed by atoms with Gasteiger partial charge in [-0.05, 0) is 32.1 Å². The first kappa shape index (κ1) is 57.9. The van der Waals surface area contributed by atoms with Crippen molar-refractivity contribution in [1.82, 2.24) is 5.32 Å². The summed E-state index contributed by atoms with van der Waals surface area (Å²) in [6.45, 7) is 4.33. The number of amides is 1. The van der Waals surface area contributed by atoms with E-state index < -0.39 is 12.1 Å². The second kappa shape index (κ2) is 51.2. The minimum absolute atomic E-state index is 0.0671. The maximum absolute atomic E-state index is 12.5. The number of unbranched alkanes of at least 4 members (excludes halogenated alkanes) is 41. The van der Waals surface area contributed by atoms with Crippen LogP contribution in [0.15, 0.2) is 24.3 Å². The molecule has 3 N–H and O–H groups in total. The lowest BCUT2D eigenvalue weighted by Gasteiger charge is -2.19. The Hall–Kier alpha value is -1.13. The van der Waals surface area contributed by atoms with Gasteiger partial charge in [0.2, 0.25) is 5.91 Å². The molecule has 0 aliphatic carbocycles. The molecule has 0 aromatic rings. The fourth-order valence-electron chi connectivity index (χ4n) is 8.55. The molecule has 4 heteroatoms. The van der Waals surface area contributed by atoms with Crippen molar-refractivity contribution >= 4 is 5.91 Å². The van der Waals surface area contributed by atoms with Crippen LogP contribution in [0.5, 0.6) is 0 Å². The third-order valence-corrected chi connectivity index (χ3v) is 12.7. The monoisotopic (exact) mass is 830 g/mol. The van der Waals surface area contributed by atoms with Crippen molar-refractivity contribution in [2.75, 3.05) is 6.61 Å². The SMILES string of the molecule is CCCCCCCCCCCCCCCCC/C=C/CC/C=C/C(O)C(CO)NC(=O)CCCCCCCCCCCCCCCCCCCCCCCCCCCC. The van der Waals surface area contributed by atoms with Crippen molar-refractivity contribution in [1.29, 1.82) is 0 Å². The molecule has 0 fully saturated rings. The van der Waals surface area contributed by atoms with Gasteiger partial charge >= 0.3 is 0 Å². The van der Waals surface area contributed by atoms with Crippen LogP contribution in [-0.2, 0) is 4.79 Å². The van der Waals surface area contributed by atoms with Crippen molar-refractivity contribution in [3.05, 3.63) is 24.3 Å². The van der Waals surface area contributed by atoms with Gasteiger partial charge in [-0.3, -0.25) is 4.79 Å². The molecule has 0 spiro atoms. The molecular formula is C55H107NO3. The van der Waals surface area contributed by atoms with Gasteiger partial charge in [0.1, 0.15) is 0 Å². The lowest BCUT2D eigenvalue weighted by molar-refractivity contribution is -0.123. The predicted molar refractivity (Wildman–Crippen MR) is 262 cm³/mol. The Morgan fingerprint density at radius 1 is 0.390 bits per heavy atom. The number of carbonyl (C=O) groups excluding carboxylic acids is 1. The lowest BCUT2D eigenvalue weighted by Crippen LogP contribution is -2.45. The molecule has 0 saturated heterocycles. The number of aliphatic hydroxyl groups is 2. The van der Waals surface area contributed by atoms with E-state index in [0.29, 0.717) is 6.42 Å². The van der Waals surface area contributed by atoms with E-state index in [0.717, 1.165) is 32.1 Å². The van der Waals surface area contributed by atoms with Crippen LogP contribution in [0.2, 0.25) is 0 Å². The van der Waals surface area contributed by atoms with Gasteiger partial charge in [-0.1, -0.05) is 289 Å². The van der Waals surface area contributed by atoms with Crippen molar-refractivity contribution in [2.24, 2.45) is 0 Å². The number of carbonyl (C=O) groups is 1. The minimum atomic E-state index is -0.859. The lowest BCUT2D eigenvalue weighted by atomic mass is 10.0. The van der Waals surface area contributed by atoms with Crippen molar-refractivity contribution in [3.8, 4) is 0 Å². The number of allylic oxidation sites excluding steroid dienone is 3. The maximum atomic E-state index is 12.5. The number of aliphatic hydroxyl groups excluding tert-OH is 2. The molecule has 0 rings (SSSR count). The summed E-state index contributed by atoms with van der Waals surface area (Å²) >= 11 is 0. The molecule has 0 saturated carbocycles. The molecule has 0 bridgehead atoms. The fraction of sp³-hybridized carbons (Fsp3) is 0.909. The molecule has 2 atom stereocenters. The van der Waals surface area contributed by atoms with E-state index in [9.17, 15) is 15.0 Å². The second-order valence-corrected chi connectivity index (χ2v) is 18.7. The smallest absolute Gasteiger partial charge is 0.220 e. The van der Waals surface area contributed by atoms with Gasteiger partial charge in [0, 0.05) is 6.42 Å². The van der Waals surface area contributed by atoms with Gasteiger partial charge in [0.05, 0.1) is 18.8 Å². The van der Waals surface area contributed by atoms with E-state index in [1.807, 2.05) is 6.08 Å². The molecule has 2 unspecified atom stereocenters. The summed E-state index contributed by atoms with van der Waals surface area (Å²) in [6, 6.07) is -0.636. The van der Waals surface area contributed by atoms with Crippen LogP contribution < -0.4 is 5.32 Å². The maximum Gasteiger partial charge on any atom is 0.220 e. The zero-order valence-electron chi connectivity index (χ0n) is 40.3. The molecule has 1 amide bonds. The molecule has 350 valence electrons. The summed E-state index contributed by atoms with van der Waals surface area (Å²) in [5.41, 5.74) is 0. The van der Waals surface area contributed by atoms with Crippen molar-refractivity contribution in [3.63, 3.8) is 0 Å². The van der Waals surface area contributed by atoms with Gasteiger partial charge in [0.15, 0.2) is 0 Å². The molecule has 0 aromatic carbocycles. The van der Waals surface area contributed by atoms with Crippen LogP contribution in [-0.4, -0.2) is 34.9 Å². The second-order valence-electron chi connectivity index (χ2n) is 18.7. The summed E-state index contributed by atoms with van der Waals surface area (Å²) in [5, 5.41) is 23.1. The summed E-state index contributed by atoms with van der Waals surface area (Å²) < 4.78 is 0. The zero-order valence-corrected chi connectivity index (χ0v) is 40.3. The van der Waals surface area contributed by atoms with Crippen LogP contribution in [0.4, 0.5) is 0 Å². The number of hydrogen-bond donors (Lipinski definition) is 3. The summed E-state index contributed by atoms with van der Waals surface area (Å²) in [6.07, 6.45) is 67.6. The fourth-order valence-corrected chi connectivity index (χ4v) is 8.55. The van der Waals surface area contributed by atoms with E-state index in [-0.39, 0.29) is 12.5 Å². The van der Waals surface area contributed by atoms with Gasteiger partial charge < -0.3 is 15.5 Å². The van der Waals surface area contributed by atoms with Crippen LogP contribution >= 0.6 is 0 Å². The molecule has 0 heterocycles. The molecule has 0 aliphatic rings. The normalized spacial score (nSPS) is 12.9. The Bertz CT molecular complexity index is 855. The van der Waals surface area contributed by atoms with Crippen molar-refractivity contribution < 1.29 is 15.0 Å². The molecule has 0 radical (unpaired) electrons. The van der Waals surface area contributed by atoms with Crippen LogP contribution in [0, 0.1) is 0 Å². The molecule has 0 aliphatic heterocycles. The third-order valence-electron chi connectivity index (χ3n) is 12.7. The van der Waals surface area contributed by atoms with E-state index in [1.54, 1.807) is 6.08 Å². The number of hydrogen-bond acceptors (Lipinski definition) is 3. The predicted octanol–water partition coefficient (Wildman–Crippen LogP) is 17.5. The highest BCUT2D eigenvalue weighted by Crippen LogP contribution is 2.17. The van der Waals surface area contributed by atoms with E-state index >= 15 is 0 Å². The van der Waals surface area contributed by atoms with Gasteiger partial charge in [-0.2, -0.15) is 0 Å². The standard InChI is InChI=1S/C55H107NO3/c1-3-5-7-9-11-13-15-17-19-21-23-25-26-27-28-29-31-33-35-37-39-41-43-45-47-49-51-55(59)56-53(52-57)54(58)50-48-46-44-42-40-38-36-34-32-30-24-22-20-18-16-14-12-10-8-6-4-2/h40,42,48,50,53-54,57-58H,3-39,41,43-47,49,51-52H2,1-2H3,(H,56,59)/b42-40+,50-48+. The highest BCUT2D eigenvalue weighted by molar-refractivity contribution is 5.76. The first-order chi connectivity index (χ1) is 29.2. The zero-order chi connectivity index (χ0) is 42.8. The quantitative estimate of drug-likeness (QED) is 0.0422. The topological polar surface area (TPSA) is 69.6 Å². The Morgan fingerprint density at radius 2 is 0.661 bits per heavy atom. The Labute approximate surface area is 370 Å². The molecular weight excluding hydrogens is 723 g/mol. The van der Waals surface area contributed by atoms with E-state index in [1.165, 1.54) is 250 Å². The minimum Gasteiger partial charge on any atom is -0.394 e. The summed E-state index contributed by atoms with van der Waals surface area (Å²) in [4.78, 5) is 12.5. The van der Waals surface area contributed by atoms with Crippen LogP contribution in [0.25, 0.3) is 0 Å². The Morgan fingerprint density at radius 3 is 0.983 bits per heavy atom. The summed E-state index contributed by atoms with van der Waals surface area (Å²) in [5.74, 6) is -0.0671. The largest absolute Gasteiger partial charge is 0.394 e. The first-order valence-electron chi connectivity index (χ1n) is 27.1. The van der Waals surface area contributed by atoms with Crippen LogP contribution in [0.3, 0.4) is 0 Å². The number of rotatable bonds is 50. The third kappa shape index (κ3) is 47.8. The molecule has 4 nitrogen and oxygen atoms in total. The Balaban J connectivity index is 3.49. The van der Waals surface area contributed by atoms with Gasteiger partial charge in [-0.25, -0.2) is 0 Å². The average molecular weight is 830 g/mol.